The zero-order chi connectivity index (χ0) is 23.5. The van der Waals surface area contributed by atoms with E-state index in [9.17, 15) is 9.59 Å². The van der Waals surface area contributed by atoms with Gasteiger partial charge < -0.3 is 5.32 Å². The molecule has 1 atom stereocenters. The highest BCUT2D eigenvalue weighted by molar-refractivity contribution is 6.30. The average Bonchev–Trinajstić information content (AvgIpc) is 3.17. The van der Waals surface area contributed by atoms with Crippen LogP contribution in [0.1, 0.15) is 36.3 Å². The normalized spacial score (nSPS) is 12.1. The number of rotatable bonds is 7. The molecule has 2 aromatic heterocycles. The van der Waals surface area contributed by atoms with Crippen LogP contribution in [0.3, 0.4) is 0 Å². The molecule has 0 aliphatic rings. The van der Waals surface area contributed by atoms with Gasteiger partial charge in [-0.3, -0.25) is 9.59 Å². The Hall–Kier alpha value is -3.45. The smallest absolute Gasteiger partial charge is 0.295 e. The molecular formula is C25H26ClN5O2. The van der Waals surface area contributed by atoms with Crippen molar-refractivity contribution in [2.24, 2.45) is 0 Å². The molecule has 4 aromatic rings. The van der Waals surface area contributed by atoms with Gasteiger partial charge in [-0.15, -0.1) is 0 Å². The van der Waals surface area contributed by atoms with Crippen molar-refractivity contribution in [1.29, 1.82) is 0 Å². The first-order valence-electron chi connectivity index (χ1n) is 11.0. The van der Waals surface area contributed by atoms with Crippen molar-refractivity contribution in [2.75, 3.05) is 6.54 Å². The molecule has 0 unspecified atom stereocenters. The standard InChI is InChI=1S/C25H26ClN5O2/c1-4-21(24(32)27-15-14-18-10-12-19(26)13-11-18)31-25(33)23-22(16(2)28-31)17(3)30(29-23)20-8-6-5-7-9-20/h5-13,21H,4,14-15H2,1-3H3,(H,27,32)/t21-/m0/s1. The van der Waals surface area contributed by atoms with E-state index in [1.165, 1.54) is 4.68 Å². The lowest BCUT2D eigenvalue weighted by molar-refractivity contribution is -0.124. The number of halogens is 1. The number of fused-ring (bicyclic) bond motifs is 1. The Kier molecular flexibility index (Phi) is 6.60. The maximum Gasteiger partial charge on any atom is 0.295 e. The second-order valence-electron chi connectivity index (χ2n) is 7.98. The average molecular weight is 464 g/mol. The van der Waals surface area contributed by atoms with Crippen molar-refractivity contribution < 1.29 is 4.79 Å². The molecule has 0 saturated carbocycles. The minimum absolute atomic E-state index is 0.237. The summed E-state index contributed by atoms with van der Waals surface area (Å²) in [7, 11) is 0. The molecule has 2 aromatic carbocycles. The lowest BCUT2D eigenvalue weighted by Crippen LogP contribution is -2.39. The van der Waals surface area contributed by atoms with Crippen LogP contribution in [0.4, 0.5) is 0 Å². The van der Waals surface area contributed by atoms with Crippen LogP contribution in [0, 0.1) is 13.8 Å². The number of nitrogens with one attached hydrogen (secondary N) is 1. The van der Waals surface area contributed by atoms with Crippen molar-refractivity contribution in [3.63, 3.8) is 0 Å². The third-order valence-electron chi connectivity index (χ3n) is 5.76. The number of carbonyl (C=O) groups is 1. The van der Waals surface area contributed by atoms with E-state index in [0.717, 1.165) is 22.3 Å². The Balaban J connectivity index is 1.61. The fraction of sp³-hybridized carbons (Fsp3) is 0.280. The molecular weight excluding hydrogens is 438 g/mol. The molecule has 0 aliphatic heterocycles. The predicted molar refractivity (Wildman–Crippen MR) is 130 cm³/mol. The molecule has 0 fully saturated rings. The molecule has 170 valence electrons. The number of aromatic nitrogens is 4. The van der Waals surface area contributed by atoms with Gasteiger partial charge in [0.1, 0.15) is 6.04 Å². The zero-order valence-corrected chi connectivity index (χ0v) is 19.6. The summed E-state index contributed by atoms with van der Waals surface area (Å²) in [6.45, 7) is 6.08. The lowest BCUT2D eigenvalue weighted by Gasteiger charge is -2.17. The summed E-state index contributed by atoms with van der Waals surface area (Å²) in [5, 5.41) is 13.4. The van der Waals surface area contributed by atoms with Crippen molar-refractivity contribution in [2.45, 2.75) is 39.7 Å². The molecule has 1 amide bonds. The predicted octanol–water partition coefficient (Wildman–Crippen LogP) is 4.16. The first-order chi connectivity index (χ1) is 15.9. The number of hydrogen-bond donors (Lipinski definition) is 1. The topological polar surface area (TPSA) is 81.8 Å². The summed E-state index contributed by atoms with van der Waals surface area (Å²) in [4.78, 5) is 26.3. The van der Waals surface area contributed by atoms with Gasteiger partial charge in [-0.1, -0.05) is 48.9 Å². The monoisotopic (exact) mass is 463 g/mol. The van der Waals surface area contributed by atoms with Crippen molar-refractivity contribution >= 4 is 28.4 Å². The highest BCUT2D eigenvalue weighted by atomic mass is 35.5. The van der Waals surface area contributed by atoms with Gasteiger partial charge in [-0.2, -0.15) is 10.2 Å². The molecule has 0 bridgehead atoms. The first-order valence-corrected chi connectivity index (χ1v) is 11.3. The second kappa shape index (κ2) is 9.58. The van der Waals surface area contributed by atoms with Gasteiger partial charge in [-0.05, 0) is 56.5 Å². The van der Waals surface area contributed by atoms with Crippen LogP contribution in [-0.4, -0.2) is 32.0 Å². The van der Waals surface area contributed by atoms with E-state index in [1.54, 1.807) is 4.68 Å². The van der Waals surface area contributed by atoms with E-state index in [1.807, 2.05) is 75.4 Å². The zero-order valence-electron chi connectivity index (χ0n) is 18.9. The van der Waals surface area contributed by atoms with Crippen molar-refractivity contribution in [1.82, 2.24) is 24.9 Å². The number of carbonyl (C=O) groups excluding carboxylic acids is 1. The van der Waals surface area contributed by atoms with Crippen LogP contribution in [0.25, 0.3) is 16.6 Å². The number of benzene rings is 2. The Bertz CT molecular complexity index is 1340. The van der Waals surface area contributed by atoms with Gasteiger partial charge in [0.25, 0.3) is 5.56 Å². The maximum atomic E-state index is 13.3. The van der Waals surface area contributed by atoms with Crippen LogP contribution in [0.5, 0.6) is 0 Å². The van der Waals surface area contributed by atoms with Crippen LogP contribution in [0.2, 0.25) is 5.02 Å². The van der Waals surface area contributed by atoms with Crippen LogP contribution in [-0.2, 0) is 11.2 Å². The van der Waals surface area contributed by atoms with E-state index in [2.05, 4.69) is 15.5 Å². The maximum absolute atomic E-state index is 13.3. The molecule has 1 N–H and O–H groups in total. The van der Waals surface area contributed by atoms with Gasteiger partial charge in [-0.25, -0.2) is 9.36 Å². The fourth-order valence-corrected chi connectivity index (χ4v) is 4.18. The highest BCUT2D eigenvalue weighted by Crippen LogP contribution is 2.22. The molecule has 0 spiro atoms. The Morgan fingerprint density at radius 1 is 1.06 bits per heavy atom. The molecule has 0 saturated heterocycles. The summed E-state index contributed by atoms with van der Waals surface area (Å²) < 4.78 is 3.02. The number of para-hydroxylation sites is 1. The highest BCUT2D eigenvalue weighted by Gasteiger charge is 2.25. The number of hydrogen-bond acceptors (Lipinski definition) is 4. The minimum Gasteiger partial charge on any atom is -0.354 e. The summed E-state index contributed by atoms with van der Waals surface area (Å²) in [5.41, 5.74) is 3.39. The third-order valence-corrected chi connectivity index (χ3v) is 6.01. The van der Waals surface area contributed by atoms with Crippen LogP contribution >= 0.6 is 11.6 Å². The molecule has 0 aliphatic carbocycles. The largest absolute Gasteiger partial charge is 0.354 e. The molecule has 4 rings (SSSR count). The van der Waals surface area contributed by atoms with Gasteiger partial charge >= 0.3 is 0 Å². The first kappa shape index (κ1) is 22.7. The van der Waals surface area contributed by atoms with Gasteiger partial charge in [0.15, 0.2) is 5.52 Å². The van der Waals surface area contributed by atoms with E-state index < -0.39 is 6.04 Å². The molecule has 0 radical (unpaired) electrons. The van der Waals surface area contributed by atoms with Crippen LogP contribution in [0.15, 0.2) is 59.4 Å². The van der Waals surface area contributed by atoms with Gasteiger partial charge in [0, 0.05) is 11.6 Å². The van der Waals surface area contributed by atoms with E-state index in [-0.39, 0.29) is 11.5 Å². The summed E-state index contributed by atoms with van der Waals surface area (Å²) in [6.07, 6.45) is 1.10. The van der Waals surface area contributed by atoms with E-state index in [0.29, 0.717) is 35.6 Å². The Morgan fingerprint density at radius 3 is 2.42 bits per heavy atom. The lowest BCUT2D eigenvalue weighted by atomic mass is 10.1. The van der Waals surface area contributed by atoms with E-state index in [4.69, 9.17) is 11.6 Å². The van der Waals surface area contributed by atoms with Crippen LogP contribution < -0.4 is 10.9 Å². The van der Waals surface area contributed by atoms with Crippen molar-refractivity contribution in [3.8, 4) is 5.69 Å². The number of aryl methyl sites for hydroxylation is 2. The van der Waals surface area contributed by atoms with Gasteiger partial charge in [0.2, 0.25) is 5.91 Å². The molecule has 8 heteroatoms. The fourth-order valence-electron chi connectivity index (χ4n) is 4.05. The Morgan fingerprint density at radius 2 is 1.76 bits per heavy atom. The Labute approximate surface area is 197 Å². The third kappa shape index (κ3) is 4.54. The molecule has 7 nitrogen and oxygen atoms in total. The van der Waals surface area contributed by atoms with E-state index >= 15 is 0 Å². The summed E-state index contributed by atoms with van der Waals surface area (Å²) >= 11 is 5.92. The number of amides is 1. The summed E-state index contributed by atoms with van der Waals surface area (Å²) in [5.74, 6) is -0.237. The quantitative estimate of drug-likeness (QED) is 0.446. The van der Waals surface area contributed by atoms with Gasteiger partial charge in [0.05, 0.1) is 22.5 Å². The number of nitrogens with zero attached hydrogens (tertiary/aromatic N) is 4. The SMILES string of the molecule is CC[C@@H](C(=O)NCCc1ccc(Cl)cc1)n1nc(C)c2c(C)n(-c3ccccc3)nc2c1=O. The molecule has 33 heavy (non-hydrogen) atoms. The van der Waals surface area contributed by atoms with Crippen molar-refractivity contribution in [3.05, 3.63) is 86.9 Å². The minimum atomic E-state index is -0.715. The summed E-state index contributed by atoms with van der Waals surface area (Å²) in [6, 6.07) is 16.4. The second-order valence-corrected chi connectivity index (χ2v) is 8.42. The molecule has 2 heterocycles.